The number of carbonyl (C=O) groups is 1. The second-order valence-corrected chi connectivity index (χ2v) is 13.0. The van der Waals surface area contributed by atoms with E-state index >= 15 is 0 Å². The summed E-state index contributed by atoms with van der Waals surface area (Å²) >= 11 is 0. The molecule has 0 aromatic heterocycles. The monoisotopic (exact) mass is 422 g/mol. The maximum atomic E-state index is 12.8. The maximum absolute atomic E-state index is 12.8. The predicted octanol–water partition coefficient (Wildman–Crippen LogP) is 8.32. The minimum Gasteiger partial charge on any atom is -0.299 e. The van der Waals surface area contributed by atoms with Crippen molar-refractivity contribution >= 4 is 5.78 Å². The highest BCUT2D eigenvalue weighted by Gasteiger charge is 2.65. The first kappa shape index (κ1) is 23.1. The lowest BCUT2D eigenvalue weighted by atomic mass is 9.41. The quantitative estimate of drug-likeness (QED) is 0.329. The number of Topliss-reactive ketones (excluding diaryl/α,β-unsaturated/α-hetero) is 1. The molecular weight excluding hydrogens is 376 g/mol. The van der Waals surface area contributed by atoms with E-state index in [0.717, 1.165) is 36.7 Å². The summed E-state index contributed by atoms with van der Waals surface area (Å²) in [6, 6.07) is 0. The number of ketones is 1. The van der Waals surface area contributed by atoms with Crippen LogP contribution in [0.2, 0.25) is 0 Å². The lowest BCUT2D eigenvalue weighted by Crippen LogP contribution is -2.57. The molecule has 0 aromatic rings. The smallest absolute Gasteiger partial charge is 0.138 e. The van der Waals surface area contributed by atoms with Gasteiger partial charge in [0, 0.05) is 11.8 Å². The van der Waals surface area contributed by atoms with Crippen molar-refractivity contribution < 1.29 is 4.79 Å². The van der Waals surface area contributed by atoms with Crippen LogP contribution in [0, 0.1) is 45.3 Å². The maximum Gasteiger partial charge on any atom is 0.138 e. The Labute approximate surface area is 191 Å². The zero-order valence-electron chi connectivity index (χ0n) is 21.3. The van der Waals surface area contributed by atoms with Gasteiger partial charge in [-0.25, -0.2) is 0 Å². The molecule has 3 fully saturated rings. The molecule has 0 unspecified atom stereocenters. The van der Waals surface area contributed by atoms with Crippen LogP contribution in [-0.2, 0) is 4.79 Å². The van der Waals surface area contributed by atoms with Crippen molar-refractivity contribution in [1.29, 1.82) is 0 Å². The van der Waals surface area contributed by atoms with Gasteiger partial charge in [0.15, 0.2) is 0 Å². The first-order valence-corrected chi connectivity index (χ1v) is 12.9. The number of hydrogen-bond donors (Lipinski definition) is 0. The third kappa shape index (κ3) is 3.19. The Morgan fingerprint density at radius 3 is 2.55 bits per heavy atom. The fourth-order valence-corrected chi connectivity index (χ4v) is 9.11. The Morgan fingerprint density at radius 2 is 1.87 bits per heavy atom. The molecule has 4 aliphatic rings. The van der Waals surface area contributed by atoms with Crippen LogP contribution in [0.4, 0.5) is 0 Å². The van der Waals surface area contributed by atoms with E-state index in [1.807, 2.05) is 0 Å². The van der Waals surface area contributed by atoms with Crippen molar-refractivity contribution in [2.75, 3.05) is 0 Å². The molecule has 1 heteroatoms. The molecule has 0 saturated heterocycles. The summed E-state index contributed by atoms with van der Waals surface area (Å²) < 4.78 is 0. The van der Waals surface area contributed by atoms with Gasteiger partial charge in [-0.1, -0.05) is 77.5 Å². The molecule has 0 heterocycles. The van der Waals surface area contributed by atoms with Crippen LogP contribution >= 0.6 is 0 Å². The second kappa shape index (κ2) is 7.46. The molecule has 3 saturated carbocycles. The van der Waals surface area contributed by atoms with Crippen molar-refractivity contribution in [3.05, 3.63) is 36.0 Å². The first-order valence-electron chi connectivity index (χ1n) is 12.9. The van der Waals surface area contributed by atoms with Gasteiger partial charge in [0.25, 0.3) is 0 Å². The molecule has 1 nitrogen and oxygen atoms in total. The molecule has 0 N–H and O–H groups in total. The minimum absolute atomic E-state index is 0.168. The van der Waals surface area contributed by atoms with Crippen LogP contribution in [0.15, 0.2) is 36.0 Å². The van der Waals surface area contributed by atoms with Gasteiger partial charge in [0.05, 0.1) is 0 Å². The number of fused-ring (bicyclic) bond motifs is 5. The molecule has 0 radical (unpaired) electrons. The van der Waals surface area contributed by atoms with Crippen molar-refractivity contribution in [3.8, 4) is 0 Å². The minimum atomic E-state index is -0.168. The molecule has 0 aliphatic heterocycles. The van der Waals surface area contributed by atoms with Gasteiger partial charge < -0.3 is 0 Å². The highest BCUT2D eigenvalue weighted by atomic mass is 16.1. The molecule has 31 heavy (non-hydrogen) atoms. The SMILES string of the molecule is C=C(C)/C=C/C[C@H](C)[C@@H]1CC[C@]2(C)C3=CC[C@H]4C(C)(C)C(=O)CC[C@]4(C)[C@@H]3CC[C@@]12C. The van der Waals surface area contributed by atoms with Gasteiger partial charge >= 0.3 is 0 Å². The average Bonchev–Trinajstić information content (AvgIpc) is 2.96. The summed E-state index contributed by atoms with van der Waals surface area (Å²) in [6.45, 7) is 20.8. The molecule has 4 rings (SSSR count). The fourth-order valence-electron chi connectivity index (χ4n) is 9.11. The van der Waals surface area contributed by atoms with Gasteiger partial charge in [-0.05, 0) is 91.8 Å². The van der Waals surface area contributed by atoms with E-state index in [9.17, 15) is 4.79 Å². The molecule has 0 spiro atoms. The molecule has 0 bridgehead atoms. The lowest BCUT2D eigenvalue weighted by Gasteiger charge is -2.63. The zero-order valence-corrected chi connectivity index (χ0v) is 21.3. The molecular formula is C30H46O. The Balaban J connectivity index is 1.65. The summed E-state index contributed by atoms with van der Waals surface area (Å²) in [6.07, 6.45) is 16.7. The van der Waals surface area contributed by atoms with Crippen LogP contribution < -0.4 is 0 Å². The normalized spacial score (nSPS) is 44.9. The van der Waals surface area contributed by atoms with E-state index in [0.29, 0.717) is 33.9 Å². The van der Waals surface area contributed by atoms with Crippen molar-refractivity contribution in [1.82, 2.24) is 0 Å². The highest BCUT2D eigenvalue weighted by molar-refractivity contribution is 5.85. The van der Waals surface area contributed by atoms with Gasteiger partial charge in [-0.15, -0.1) is 0 Å². The zero-order chi connectivity index (χ0) is 22.8. The standard InChI is InChI=1S/C30H46O/c1-20(2)10-9-11-21(3)22-14-18-30(8)24-12-13-25-27(4,5)26(31)16-17-28(25,6)23(24)15-19-29(22,30)7/h9-10,12,21-23,25H,1,11,13-19H2,2-8H3/b10-9+/t21-,22-,23+,25-,28+,29-,30+/m0/s1. The molecule has 0 amide bonds. The summed E-state index contributed by atoms with van der Waals surface area (Å²) in [5.41, 5.74) is 3.79. The van der Waals surface area contributed by atoms with Crippen LogP contribution in [0.5, 0.6) is 0 Å². The Hall–Kier alpha value is -1.11. The molecule has 7 atom stereocenters. The summed E-state index contributed by atoms with van der Waals surface area (Å²) in [4.78, 5) is 12.8. The summed E-state index contributed by atoms with van der Waals surface area (Å²) in [5, 5.41) is 0. The highest BCUT2D eigenvalue weighted by Crippen LogP contribution is 2.73. The number of allylic oxidation sites excluding steroid dienone is 5. The average molecular weight is 423 g/mol. The van der Waals surface area contributed by atoms with Crippen LogP contribution in [-0.4, -0.2) is 5.78 Å². The Bertz CT molecular complexity index is 827. The number of carbonyl (C=O) groups excluding carboxylic acids is 1. The van der Waals surface area contributed by atoms with E-state index in [-0.39, 0.29) is 5.41 Å². The van der Waals surface area contributed by atoms with Gasteiger partial charge in [-0.2, -0.15) is 0 Å². The van der Waals surface area contributed by atoms with Crippen LogP contribution in [0.3, 0.4) is 0 Å². The Kier molecular flexibility index (Phi) is 5.55. The Morgan fingerprint density at radius 1 is 1.16 bits per heavy atom. The van der Waals surface area contributed by atoms with Gasteiger partial charge in [-0.3, -0.25) is 4.79 Å². The van der Waals surface area contributed by atoms with E-state index in [1.165, 1.54) is 32.1 Å². The predicted molar refractivity (Wildman–Crippen MR) is 132 cm³/mol. The summed E-state index contributed by atoms with van der Waals surface area (Å²) in [7, 11) is 0. The third-order valence-corrected chi connectivity index (χ3v) is 11.2. The van der Waals surface area contributed by atoms with E-state index in [1.54, 1.807) is 5.57 Å². The first-order chi connectivity index (χ1) is 14.4. The molecule has 0 aromatic carbocycles. The van der Waals surface area contributed by atoms with E-state index in [4.69, 9.17) is 0 Å². The number of hydrogen-bond acceptors (Lipinski definition) is 1. The second-order valence-electron chi connectivity index (χ2n) is 13.0. The lowest BCUT2D eigenvalue weighted by molar-refractivity contribution is -0.146. The number of rotatable bonds is 4. The third-order valence-electron chi connectivity index (χ3n) is 11.2. The fraction of sp³-hybridized carbons (Fsp3) is 0.767. The van der Waals surface area contributed by atoms with E-state index in [2.05, 4.69) is 73.3 Å². The van der Waals surface area contributed by atoms with Crippen molar-refractivity contribution in [2.45, 2.75) is 99.8 Å². The van der Waals surface area contributed by atoms with Crippen LogP contribution in [0.1, 0.15) is 99.8 Å². The van der Waals surface area contributed by atoms with Crippen molar-refractivity contribution in [2.24, 2.45) is 45.3 Å². The molecule has 4 aliphatic carbocycles. The van der Waals surface area contributed by atoms with Gasteiger partial charge in [0.2, 0.25) is 0 Å². The summed E-state index contributed by atoms with van der Waals surface area (Å²) in [5.74, 6) is 3.19. The van der Waals surface area contributed by atoms with Crippen molar-refractivity contribution in [3.63, 3.8) is 0 Å². The van der Waals surface area contributed by atoms with Gasteiger partial charge in [0.1, 0.15) is 5.78 Å². The van der Waals surface area contributed by atoms with E-state index < -0.39 is 0 Å². The molecule has 172 valence electrons. The topological polar surface area (TPSA) is 17.1 Å². The van der Waals surface area contributed by atoms with Crippen LogP contribution in [0.25, 0.3) is 0 Å². The largest absolute Gasteiger partial charge is 0.299 e.